The molecule has 0 aliphatic heterocycles. The maximum atomic E-state index is 12.1. The number of Topliss-reactive ketones (excluding diaryl/α,β-unsaturated/α-hetero) is 1. The lowest BCUT2D eigenvalue weighted by atomic mass is 10.1. The lowest BCUT2D eigenvalue weighted by Crippen LogP contribution is -2.14. The first-order valence-corrected chi connectivity index (χ1v) is 7.00. The van der Waals surface area contributed by atoms with Crippen molar-refractivity contribution >= 4 is 21.5 Å². The smallest absolute Gasteiger partial charge is 0.265 e. The fourth-order valence-corrected chi connectivity index (χ4v) is 2.68. The zero-order chi connectivity index (χ0) is 14.0. The third-order valence-corrected chi connectivity index (χ3v) is 3.86. The largest absolute Gasteiger partial charge is 0.294 e. The number of rotatable bonds is 4. The van der Waals surface area contributed by atoms with Crippen LogP contribution in [0.1, 0.15) is 17.3 Å². The molecular weight excluding hydrogens is 266 g/mol. The zero-order valence-electron chi connectivity index (χ0n) is 10.5. The highest BCUT2D eigenvalue weighted by Gasteiger charge is 2.18. The van der Waals surface area contributed by atoms with Crippen LogP contribution in [0, 0.1) is 0 Å². The number of aromatic nitrogens is 2. The van der Waals surface area contributed by atoms with Crippen LogP contribution in [-0.4, -0.2) is 24.0 Å². The summed E-state index contributed by atoms with van der Waals surface area (Å²) in [5, 5.41) is 3.81. The zero-order valence-corrected chi connectivity index (χ0v) is 11.3. The van der Waals surface area contributed by atoms with E-state index in [1.54, 1.807) is 31.3 Å². The number of nitrogens with one attached hydrogen (secondary N) is 1. The van der Waals surface area contributed by atoms with Gasteiger partial charge >= 0.3 is 0 Å². The highest BCUT2D eigenvalue weighted by Crippen LogP contribution is 2.20. The molecule has 1 N–H and O–H groups in total. The molecule has 0 saturated carbocycles. The van der Waals surface area contributed by atoms with Crippen LogP contribution in [0.15, 0.2) is 41.6 Å². The van der Waals surface area contributed by atoms with Gasteiger partial charge in [0.1, 0.15) is 4.90 Å². The normalized spacial score (nSPS) is 11.3. The van der Waals surface area contributed by atoms with Crippen molar-refractivity contribution in [2.24, 2.45) is 7.05 Å². The fourth-order valence-electron chi connectivity index (χ4n) is 1.62. The standard InChI is InChI=1S/C12H13N3O3S/c1-9(16)11-5-3-4-6-12(11)14-19(17,18)10-7-13-15(2)8-10/h3-8,14H,1-2H3. The topological polar surface area (TPSA) is 81.1 Å². The van der Waals surface area contributed by atoms with Crippen LogP contribution in [-0.2, 0) is 17.1 Å². The number of benzene rings is 1. The minimum Gasteiger partial charge on any atom is -0.294 e. The Morgan fingerprint density at radius 1 is 1.32 bits per heavy atom. The van der Waals surface area contributed by atoms with Gasteiger partial charge in [0.15, 0.2) is 5.78 Å². The van der Waals surface area contributed by atoms with Gasteiger partial charge in [-0.3, -0.25) is 14.2 Å². The molecule has 0 radical (unpaired) electrons. The number of carbonyl (C=O) groups excluding carboxylic acids is 1. The number of ketones is 1. The second-order valence-electron chi connectivity index (χ2n) is 4.06. The maximum absolute atomic E-state index is 12.1. The highest BCUT2D eigenvalue weighted by atomic mass is 32.2. The van der Waals surface area contributed by atoms with Gasteiger partial charge in [-0.2, -0.15) is 5.10 Å². The molecule has 0 atom stereocenters. The van der Waals surface area contributed by atoms with Gasteiger partial charge in [-0.05, 0) is 19.1 Å². The van der Waals surface area contributed by atoms with Crippen molar-refractivity contribution < 1.29 is 13.2 Å². The van der Waals surface area contributed by atoms with Crippen LogP contribution in [0.3, 0.4) is 0 Å². The van der Waals surface area contributed by atoms with E-state index in [0.717, 1.165) is 0 Å². The second-order valence-corrected chi connectivity index (χ2v) is 5.74. The predicted molar refractivity (Wildman–Crippen MR) is 70.5 cm³/mol. The minimum atomic E-state index is -3.73. The summed E-state index contributed by atoms with van der Waals surface area (Å²) < 4.78 is 28.0. The summed E-state index contributed by atoms with van der Waals surface area (Å²) in [6, 6.07) is 6.46. The Bertz CT molecular complexity index is 719. The van der Waals surface area contributed by atoms with Gasteiger partial charge in [-0.25, -0.2) is 8.42 Å². The Labute approximate surface area is 111 Å². The van der Waals surface area contributed by atoms with Crippen LogP contribution in [0.2, 0.25) is 0 Å². The third kappa shape index (κ3) is 2.82. The number of hydrogen-bond donors (Lipinski definition) is 1. The molecule has 0 amide bonds. The number of anilines is 1. The Kier molecular flexibility index (Phi) is 3.39. The van der Waals surface area contributed by atoms with Gasteiger partial charge in [0.2, 0.25) is 0 Å². The molecule has 0 unspecified atom stereocenters. The lowest BCUT2D eigenvalue weighted by molar-refractivity contribution is 0.101. The number of para-hydroxylation sites is 1. The van der Waals surface area contributed by atoms with E-state index in [-0.39, 0.29) is 16.4 Å². The van der Waals surface area contributed by atoms with Crippen molar-refractivity contribution in [2.75, 3.05) is 4.72 Å². The molecule has 19 heavy (non-hydrogen) atoms. The Morgan fingerprint density at radius 2 is 2.00 bits per heavy atom. The van der Waals surface area contributed by atoms with E-state index in [0.29, 0.717) is 5.56 Å². The van der Waals surface area contributed by atoms with Crippen LogP contribution in [0.4, 0.5) is 5.69 Å². The molecule has 1 heterocycles. The van der Waals surface area contributed by atoms with Crippen LogP contribution in [0.25, 0.3) is 0 Å². The van der Waals surface area contributed by atoms with Crippen molar-refractivity contribution in [3.63, 3.8) is 0 Å². The van der Waals surface area contributed by atoms with E-state index in [9.17, 15) is 13.2 Å². The van der Waals surface area contributed by atoms with Crippen LogP contribution in [0.5, 0.6) is 0 Å². The van der Waals surface area contributed by atoms with E-state index >= 15 is 0 Å². The number of sulfonamides is 1. The molecule has 0 bridgehead atoms. The van der Waals surface area contributed by atoms with Crippen molar-refractivity contribution in [3.05, 3.63) is 42.2 Å². The first-order valence-electron chi connectivity index (χ1n) is 5.51. The quantitative estimate of drug-likeness (QED) is 0.858. The summed E-state index contributed by atoms with van der Waals surface area (Å²) in [5.41, 5.74) is 0.591. The van der Waals surface area contributed by atoms with Gasteiger partial charge < -0.3 is 0 Å². The molecule has 0 aliphatic carbocycles. The Balaban J connectivity index is 2.39. The van der Waals surface area contributed by atoms with Gasteiger partial charge in [-0.1, -0.05) is 12.1 Å². The number of nitrogens with zero attached hydrogens (tertiary/aromatic N) is 2. The molecule has 2 aromatic rings. The van der Waals surface area contributed by atoms with Crippen molar-refractivity contribution in [3.8, 4) is 0 Å². The fraction of sp³-hybridized carbons (Fsp3) is 0.167. The molecule has 0 saturated heterocycles. The predicted octanol–water partition coefficient (Wildman–Crippen LogP) is 1.42. The van der Waals surface area contributed by atoms with Gasteiger partial charge in [-0.15, -0.1) is 0 Å². The monoisotopic (exact) mass is 279 g/mol. The van der Waals surface area contributed by atoms with Crippen LogP contribution < -0.4 is 4.72 Å². The number of hydrogen-bond acceptors (Lipinski definition) is 4. The summed E-state index contributed by atoms with van der Waals surface area (Å²) in [5.74, 6) is -0.204. The lowest BCUT2D eigenvalue weighted by Gasteiger charge is -2.09. The molecule has 6 nitrogen and oxygen atoms in total. The maximum Gasteiger partial charge on any atom is 0.265 e. The average molecular weight is 279 g/mol. The first kappa shape index (κ1) is 13.3. The summed E-state index contributed by atoms with van der Waals surface area (Å²) in [4.78, 5) is 11.5. The van der Waals surface area contributed by atoms with Crippen LogP contribution >= 0.6 is 0 Å². The second kappa shape index (κ2) is 4.85. The Hall–Kier alpha value is -2.15. The SMILES string of the molecule is CC(=O)c1ccccc1NS(=O)(=O)c1cnn(C)c1. The van der Waals surface area contributed by atoms with E-state index in [4.69, 9.17) is 0 Å². The van der Waals surface area contributed by atoms with Gasteiger partial charge in [0.25, 0.3) is 10.0 Å². The molecule has 100 valence electrons. The van der Waals surface area contributed by atoms with E-state index in [1.807, 2.05) is 0 Å². The minimum absolute atomic E-state index is 0.0494. The van der Waals surface area contributed by atoms with E-state index in [1.165, 1.54) is 24.0 Å². The van der Waals surface area contributed by atoms with Crippen molar-refractivity contribution in [2.45, 2.75) is 11.8 Å². The van der Waals surface area contributed by atoms with Crippen molar-refractivity contribution in [1.29, 1.82) is 0 Å². The van der Waals surface area contributed by atoms with E-state index in [2.05, 4.69) is 9.82 Å². The summed E-state index contributed by atoms with van der Waals surface area (Å²) >= 11 is 0. The molecular formula is C12H13N3O3S. The molecule has 0 fully saturated rings. The first-order chi connectivity index (χ1) is 8.90. The average Bonchev–Trinajstić information content (AvgIpc) is 2.76. The molecule has 1 aromatic carbocycles. The highest BCUT2D eigenvalue weighted by molar-refractivity contribution is 7.92. The molecule has 1 aromatic heterocycles. The molecule has 7 heteroatoms. The number of carbonyl (C=O) groups is 1. The summed E-state index contributed by atoms with van der Waals surface area (Å²) in [7, 11) is -2.11. The van der Waals surface area contributed by atoms with Crippen molar-refractivity contribution in [1.82, 2.24) is 9.78 Å². The Morgan fingerprint density at radius 3 is 2.58 bits per heavy atom. The van der Waals surface area contributed by atoms with Gasteiger partial charge in [0, 0.05) is 18.8 Å². The molecule has 0 spiro atoms. The summed E-state index contributed by atoms with van der Waals surface area (Å²) in [6.45, 7) is 1.39. The van der Waals surface area contributed by atoms with Gasteiger partial charge in [0.05, 0.1) is 11.9 Å². The molecule has 2 rings (SSSR count). The number of aryl methyl sites for hydroxylation is 1. The summed E-state index contributed by atoms with van der Waals surface area (Å²) in [6.07, 6.45) is 2.64. The molecule has 0 aliphatic rings. The van der Waals surface area contributed by atoms with E-state index < -0.39 is 10.0 Å². The third-order valence-electron chi connectivity index (χ3n) is 2.54.